The molecule has 1 N–H and O–H groups in total. The molecule has 0 amide bonds. The van der Waals surface area contributed by atoms with Gasteiger partial charge in [-0.05, 0) is 75.3 Å². The molecular formula is C26H30N4O2S. The van der Waals surface area contributed by atoms with Crippen LogP contribution in [0.25, 0.3) is 5.69 Å². The number of carbonyl (C=O) groups is 1. The van der Waals surface area contributed by atoms with E-state index in [0.29, 0.717) is 24.5 Å². The van der Waals surface area contributed by atoms with Gasteiger partial charge in [-0.25, -0.2) is 0 Å². The summed E-state index contributed by atoms with van der Waals surface area (Å²) in [6.07, 6.45) is 2.84. The zero-order chi connectivity index (χ0) is 23.5. The summed E-state index contributed by atoms with van der Waals surface area (Å²) in [6.45, 7) is 7.04. The van der Waals surface area contributed by atoms with Gasteiger partial charge < -0.3 is 19.5 Å². The summed E-state index contributed by atoms with van der Waals surface area (Å²) < 4.78 is 7.11. The molecule has 0 saturated carbocycles. The maximum absolute atomic E-state index is 11.7. The van der Waals surface area contributed by atoms with Crippen LogP contribution in [0.3, 0.4) is 0 Å². The number of pyridine rings is 1. The van der Waals surface area contributed by atoms with Gasteiger partial charge in [-0.15, -0.1) is 0 Å². The van der Waals surface area contributed by atoms with Crippen LogP contribution >= 0.6 is 12.2 Å². The van der Waals surface area contributed by atoms with Crippen molar-refractivity contribution in [3.63, 3.8) is 0 Å². The van der Waals surface area contributed by atoms with Crippen molar-refractivity contribution in [1.29, 1.82) is 0 Å². The number of rotatable bonds is 7. The number of aromatic nitrogens is 2. The fourth-order valence-electron chi connectivity index (χ4n) is 4.66. The van der Waals surface area contributed by atoms with Gasteiger partial charge in [0.2, 0.25) is 0 Å². The van der Waals surface area contributed by atoms with Crippen molar-refractivity contribution in [2.75, 3.05) is 13.7 Å². The number of hydrogen-bond donors (Lipinski definition) is 1. The first-order valence-electron chi connectivity index (χ1n) is 11.2. The molecule has 4 rings (SSSR count). The van der Waals surface area contributed by atoms with E-state index in [1.807, 2.05) is 24.4 Å². The van der Waals surface area contributed by atoms with Crippen molar-refractivity contribution >= 4 is 23.3 Å². The molecule has 0 unspecified atom stereocenters. The van der Waals surface area contributed by atoms with Gasteiger partial charge in [-0.1, -0.05) is 23.8 Å². The summed E-state index contributed by atoms with van der Waals surface area (Å²) in [5.74, 6) is -0.205. The highest BCUT2D eigenvalue weighted by atomic mass is 32.1. The Morgan fingerprint density at radius 2 is 1.91 bits per heavy atom. The molecule has 0 aliphatic carbocycles. The Balaban J connectivity index is 1.74. The lowest BCUT2D eigenvalue weighted by Crippen LogP contribution is -2.31. The molecule has 33 heavy (non-hydrogen) atoms. The fraction of sp³-hybridized carbons (Fsp3) is 0.346. The lowest BCUT2D eigenvalue weighted by molar-refractivity contribution is -0.140. The van der Waals surface area contributed by atoms with Crippen LogP contribution in [0.2, 0.25) is 0 Å². The third kappa shape index (κ3) is 4.64. The Bertz CT molecular complexity index is 1140. The lowest BCUT2D eigenvalue weighted by Gasteiger charge is -2.28. The van der Waals surface area contributed by atoms with Crippen molar-refractivity contribution in [2.24, 2.45) is 0 Å². The number of ether oxygens (including phenoxy) is 1. The van der Waals surface area contributed by atoms with Gasteiger partial charge in [-0.3, -0.25) is 9.78 Å². The van der Waals surface area contributed by atoms with Crippen molar-refractivity contribution in [1.82, 2.24) is 19.8 Å². The molecule has 172 valence electrons. The van der Waals surface area contributed by atoms with Crippen LogP contribution in [-0.4, -0.2) is 39.2 Å². The van der Waals surface area contributed by atoms with Crippen LogP contribution in [0.5, 0.6) is 0 Å². The first kappa shape index (κ1) is 23.0. The van der Waals surface area contributed by atoms with Gasteiger partial charge in [0.05, 0.1) is 24.9 Å². The highest BCUT2D eigenvalue weighted by Crippen LogP contribution is 2.41. The van der Waals surface area contributed by atoms with Crippen LogP contribution in [0.1, 0.15) is 53.1 Å². The summed E-state index contributed by atoms with van der Waals surface area (Å²) in [5.41, 5.74) is 6.86. The maximum atomic E-state index is 11.7. The van der Waals surface area contributed by atoms with E-state index >= 15 is 0 Å². The average Bonchev–Trinajstić information content (AvgIpc) is 3.30. The van der Waals surface area contributed by atoms with E-state index in [1.54, 1.807) is 0 Å². The summed E-state index contributed by atoms with van der Waals surface area (Å²) in [5, 5.41) is 4.17. The van der Waals surface area contributed by atoms with Gasteiger partial charge >= 0.3 is 5.97 Å². The van der Waals surface area contributed by atoms with E-state index in [2.05, 4.69) is 70.9 Å². The number of thiocarbonyl (C=S) groups is 1. The number of carbonyl (C=O) groups excluding carboxylic acids is 1. The Labute approximate surface area is 200 Å². The third-order valence-corrected chi connectivity index (χ3v) is 6.64. The first-order valence-corrected chi connectivity index (χ1v) is 11.6. The molecule has 1 saturated heterocycles. The minimum absolute atomic E-state index is 0.0320. The molecule has 1 aromatic carbocycles. The zero-order valence-corrected chi connectivity index (χ0v) is 20.4. The predicted molar refractivity (Wildman–Crippen MR) is 133 cm³/mol. The largest absolute Gasteiger partial charge is 0.469 e. The molecule has 1 aliphatic heterocycles. The molecule has 2 atom stereocenters. The molecule has 0 spiro atoms. The number of benzene rings is 1. The van der Waals surface area contributed by atoms with Crippen LogP contribution in [0.15, 0.2) is 54.7 Å². The standard InChI is InChI=1S/C26H30N4O2S/c1-17-10-12-20(13-11-17)30-18(2)16-21(19(30)3)25-24(22-8-5-6-14-27-22)28-26(33)29(25)15-7-9-23(31)32-4/h5-6,8,10-14,16,24-25H,7,9,15H2,1-4H3,(H,28,33)/t24-,25+/m1/s1. The second kappa shape index (κ2) is 9.75. The van der Waals surface area contributed by atoms with Crippen LogP contribution in [0.4, 0.5) is 0 Å². The van der Waals surface area contributed by atoms with E-state index < -0.39 is 0 Å². The van der Waals surface area contributed by atoms with Crippen molar-refractivity contribution < 1.29 is 9.53 Å². The van der Waals surface area contributed by atoms with Gasteiger partial charge in [0.1, 0.15) is 0 Å². The smallest absolute Gasteiger partial charge is 0.305 e. The summed E-state index contributed by atoms with van der Waals surface area (Å²) >= 11 is 5.76. The zero-order valence-electron chi connectivity index (χ0n) is 19.5. The first-order chi connectivity index (χ1) is 15.9. The number of nitrogens with zero attached hydrogens (tertiary/aromatic N) is 3. The highest BCUT2D eigenvalue weighted by molar-refractivity contribution is 7.80. The van der Waals surface area contributed by atoms with Crippen LogP contribution in [-0.2, 0) is 9.53 Å². The number of aryl methyl sites for hydroxylation is 2. The Hall–Kier alpha value is -3.19. The fourth-order valence-corrected chi connectivity index (χ4v) is 4.99. The van der Waals surface area contributed by atoms with Crippen molar-refractivity contribution in [2.45, 2.75) is 45.7 Å². The lowest BCUT2D eigenvalue weighted by atomic mass is 9.96. The minimum atomic E-state index is -0.205. The molecule has 3 heterocycles. The Kier molecular flexibility index (Phi) is 6.79. The van der Waals surface area contributed by atoms with Crippen molar-refractivity contribution in [3.05, 3.63) is 82.9 Å². The summed E-state index contributed by atoms with van der Waals surface area (Å²) in [4.78, 5) is 18.5. The van der Waals surface area contributed by atoms with Crippen LogP contribution < -0.4 is 5.32 Å². The Morgan fingerprint density at radius 3 is 2.58 bits per heavy atom. The van der Waals surface area contributed by atoms with E-state index in [-0.39, 0.29) is 18.1 Å². The quantitative estimate of drug-likeness (QED) is 0.405. The molecule has 6 nitrogen and oxygen atoms in total. The Morgan fingerprint density at radius 1 is 1.15 bits per heavy atom. The summed E-state index contributed by atoms with van der Waals surface area (Å²) in [7, 11) is 1.42. The number of esters is 1. The average molecular weight is 463 g/mol. The number of methoxy groups -OCH3 is 1. The van der Waals surface area contributed by atoms with E-state index in [0.717, 1.165) is 11.4 Å². The molecule has 0 bridgehead atoms. The summed E-state index contributed by atoms with van der Waals surface area (Å²) in [6, 6.07) is 16.7. The van der Waals surface area contributed by atoms with E-state index in [1.165, 1.54) is 29.6 Å². The van der Waals surface area contributed by atoms with E-state index in [4.69, 9.17) is 17.0 Å². The van der Waals surface area contributed by atoms with Crippen molar-refractivity contribution in [3.8, 4) is 5.69 Å². The van der Waals surface area contributed by atoms with Gasteiger partial charge in [0.25, 0.3) is 0 Å². The molecule has 1 fully saturated rings. The molecular weight excluding hydrogens is 432 g/mol. The monoisotopic (exact) mass is 462 g/mol. The molecule has 1 aliphatic rings. The minimum Gasteiger partial charge on any atom is -0.469 e. The number of hydrogen-bond acceptors (Lipinski definition) is 4. The molecule has 0 radical (unpaired) electrons. The SMILES string of the molecule is COC(=O)CCCN1C(=S)N[C@H](c2ccccn2)[C@@H]1c1cc(C)n(-c2ccc(C)cc2)c1C. The van der Waals surface area contributed by atoms with Crippen LogP contribution in [0, 0.1) is 20.8 Å². The van der Waals surface area contributed by atoms with Gasteiger partial charge in [0, 0.05) is 36.2 Å². The predicted octanol–water partition coefficient (Wildman–Crippen LogP) is 4.72. The second-order valence-corrected chi connectivity index (χ2v) is 8.88. The molecule has 2 aromatic heterocycles. The van der Waals surface area contributed by atoms with Gasteiger partial charge in [0.15, 0.2) is 5.11 Å². The second-order valence-electron chi connectivity index (χ2n) is 8.50. The molecule has 3 aromatic rings. The normalized spacial score (nSPS) is 17.8. The van der Waals surface area contributed by atoms with Gasteiger partial charge in [-0.2, -0.15) is 0 Å². The third-order valence-electron chi connectivity index (χ3n) is 6.29. The number of nitrogens with one attached hydrogen (secondary N) is 1. The van der Waals surface area contributed by atoms with E-state index in [9.17, 15) is 4.79 Å². The topological polar surface area (TPSA) is 59.4 Å². The maximum Gasteiger partial charge on any atom is 0.305 e. The highest BCUT2D eigenvalue weighted by Gasteiger charge is 2.41. The molecule has 7 heteroatoms.